The first-order chi connectivity index (χ1) is 11.5. The van der Waals surface area contributed by atoms with Gasteiger partial charge in [0, 0.05) is 6.54 Å². The molecule has 2 amide bonds. The fraction of sp³-hybridized carbons (Fsp3) is 0.0588. The van der Waals surface area contributed by atoms with Gasteiger partial charge in [0.2, 0.25) is 10.0 Å². The van der Waals surface area contributed by atoms with Crippen molar-refractivity contribution in [3.63, 3.8) is 0 Å². The molecule has 0 atom stereocenters. The lowest BCUT2D eigenvalue weighted by atomic mass is 10.1. The second-order valence-corrected chi connectivity index (χ2v) is 6.90. The van der Waals surface area contributed by atoms with Gasteiger partial charge >= 0.3 is 0 Å². The van der Waals surface area contributed by atoms with E-state index in [0.717, 1.165) is 4.90 Å². The molecule has 0 bridgehead atoms. The minimum absolute atomic E-state index is 0.0293. The maximum atomic E-state index is 12.5. The molecule has 0 aromatic heterocycles. The van der Waals surface area contributed by atoms with Crippen molar-refractivity contribution in [3.05, 3.63) is 72.3 Å². The average molecular weight is 342 g/mol. The Morgan fingerprint density at radius 2 is 1.62 bits per heavy atom. The predicted molar refractivity (Wildman–Crippen MR) is 89.4 cm³/mol. The van der Waals surface area contributed by atoms with Crippen LogP contribution in [0.5, 0.6) is 0 Å². The molecule has 6 nitrogen and oxygen atoms in total. The van der Waals surface area contributed by atoms with Crippen LogP contribution in [-0.2, 0) is 10.0 Å². The standard InChI is InChI=1S/C17H14N2O4S/c1-2-10-18-24(22,23)13-7-5-6-12(11-13)19-16(20)14-8-3-4-9-15(14)17(19)21/h2-9,11,18H,1,10H2. The first-order valence-electron chi connectivity index (χ1n) is 7.14. The molecule has 24 heavy (non-hydrogen) atoms. The molecule has 2 aromatic carbocycles. The van der Waals surface area contributed by atoms with Crippen molar-refractivity contribution in [2.45, 2.75) is 4.90 Å². The third kappa shape index (κ3) is 2.64. The molecular weight excluding hydrogens is 328 g/mol. The first-order valence-corrected chi connectivity index (χ1v) is 8.62. The van der Waals surface area contributed by atoms with E-state index in [0.29, 0.717) is 11.1 Å². The summed E-state index contributed by atoms with van der Waals surface area (Å²) >= 11 is 0. The van der Waals surface area contributed by atoms with Crippen LogP contribution in [0.15, 0.2) is 66.1 Å². The van der Waals surface area contributed by atoms with Crippen LogP contribution in [0.4, 0.5) is 5.69 Å². The van der Waals surface area contributed by atoms with Gasteiger partial charge in [-0.3, -0.25) is 9.59 Å². The fourth-order valence-corrected chi connectivity index (χ4v) is 3.50. The predicted octanol–water partition coefficient (Wildman–Crippen LogP) is 1.95. The highest BCUT2D eigenvalue weighted by atomic mass is 32.2. The van der Waals surface area contributed by atoms with Crippen LogP contribution < -0.4 is 9.62 Å². The van der Waals surface area contributed by atoms with Gasteiger partial charge in [0.15, 0.2) is 0 Å². The lowest BCUT2D eigenvalue weighted by Gasteiger charge is -2.15. The van der Waals surface area contributed by atoms with E-state index in [-0.39, 0.29) is 17.1 Å². The summed E-state index contributed by atoms with van der Waals surface area (Å²) in [6.07, 6.45) is 1.42. The number of hydrogen-bond donors (Lipinski definition) is 1. The number of nitrogens with zero attached hydrogens (tertiary/aromatic N) is 1. The highest BCUT2D eigenvalue weighted by molar-refractivity contribution is 7.89. The van der Waals surface area contributed by atoms with Crippen molar-refractivity contribution in [1.29, 1.82) is 0 Å². The van der Waals surface area contributed by atoms with Crippen LogP contribution in [0.25, 0.3) is 0 Å². The molecular formula is C17H14N2O4S. The number of nitrogens with one attached hydrogen (secondary N) is 1. The number of anilines is 1. The van der Waals surface area contributed by atoms with Crippen LogP contribution in [0.1, 0.15) is 20.7 Å². The van der Waals surface area contributed by atoms with Gasteiger partial charge in [0.1, 0.15) is 0 Å². The summed E-state index contributed by atoms with van der Waals surface area (Å²) in [5, 5.41) is 0. The SMILES string of the molecule is C=CCNS(=O)(=O)c1cccc(N2C(=O)c3ccccc3C2=O)c1. The van der Waals surface area contributed by atoms with Gasteiger partial charge in [-0.1, -0.05) is 24.3 Å². The maximum Gasteiger partial charge on any atom is 0.266 e. The van der Waals surface area contributed by atoms with E-state index in [2.05, 4.69) is 11.3 Å². The van der Waals surface area contributed by atoms with E-state index in [4.69, 9.17) is 0 Å². The van der Waals surface area contributed by atoms with E-state index in [1.54, 1.807) is 24.3 Å². The van der Waals surface area contributed by atoms with E-state index >= 15 is 0 Å². The van der Waals surface area contributed by atoms with Gasteiger partial charge in [0.05, 0.1) is 21.7 Å². The second-order valence-electron chi connectivity index (χ2n) is 5.13. The van der Waals surface area contributed by atoms with Crippen LogP contribution in [0, 0.1) is 0 Å². The number of amides is 2. The number of rotatable bonds is 5. The van der Waals surface area contributed by atoms with Crippen molar-refractivity contribution in [2.75, 3.05) is 11.4 Å². The fourth-order valence-electron chi connectivity index (χ4n) is 2.47. The molecule has 1 aliphatic heterocycles. The summed E-state index contributed by atoms with van der Waals surface area (Å²) in [4.78, 5) is 25.9. The van der Waals surface area contributed by atoms with Gasteiger partial charge in [-0.2, -0.15) is 0 Å². The molecule has 3 rings (SSSR count). The normalized spacial score (nSPS) is 13.9. The number of carbonyl (C=O) groups is 2. The van der Waals surface area contributed by atoms with Crippen molar-refractivity contribution in [2.24, 2.45) is 0 Å². The monoisotopic (exact) mass is 342 g/mol. The number of fused-ring (bicyclic) bond motifs is 1. The minimum Gasteiger partial charge on any atom is -0.268 e. The van der Waals surface area contributed by atoms with Crippen LogP contribution in [0.2, 0.25) is 0 Å². The Morgan fingerprint density at radius 1 is 1.00 bits per heavy atom. The number of hydrogen-bond acceptors (Lipinski definition) is 4. The lowest BCUT2D eigenvalue weighted by molar-refractivity contribution is 0.0926. The molecule has 0 saturated carbocycles. The highest BCUT2D eigenvalue weighted by Gasteiger charge is 2.36. The molecule has 0 spiro atoms. The Hall–Kier alpha value is -2.77. The molecule has 1 aliphatic rings. The molecule has 0 fully saturated rings. The van der Waals surface area contributed by atoms with Crippen LogP contribution >= 0.6 is 0 Å². The number of sulfonamides is 1. The van der Waals surface area contributed by atoms with Crippen LogP contribution in [-0.4, -0.2) is 26.8 Å². The maximum absolute atomic E-state index is 12.5. The summed E-state index contributed by atoms with van der Waals surface area (Å²) in [5.74, 6) is -0.937. The molecule has 0 saturated heterocycles. The summed E-state index contributed by atoms with van der Waals surface area (Å²) in [7, 11) is -3.75. The highest BCUT2D eigenvalue weighted by Crippen LogP contribution is 2.29. The molecule has 2 aromatic rings. The molecule has 1 heterocycles. The Balaban J connectivity index is 2.01. The molecule has 0 radical (unpaired) electrons. The first kappa shape index (κ1) is 16.1. The average Bonchev–Trinajstić information content (AvgIpc) is 2.85. The summed E-state index contributed by atoms with van der Waals surface area (Å²) in [6.45, 7) is 3.54. The molecule has 7 heteroatoms. The summed E-state index contributed by atoms with van der Waals surface area (Å²) in [5.41, 5.74) is 0.823. The van der Waals surface area contributed by atoms with Crippen molar-refractivity contribution >= 4 is 27.5 Å². The third-order valence-corrected chi connectivity index (χ3v) is 5.02. The zero-order valence-corrected chi connectivity index (χ0v) is 13.4. The van der Waals surface area contributed by atoms with E-state index in [1.807, 2.05) is 0 Å². The Bertz CT molecular complexity index is 916. The van der Waals surface area contributed by atoms with Crippen molar-refractivity contribution in [3.8, 4) is 0 Å². The van der Waals surface area contributed by atoms with E-state index in [9.17, 15) is 18.0 Å². The second kappa shape index (κ2) is 6.03. The Morgan fingerprint density at radius 3 is 2.21 bits per heavy atom. The lowest BCUT2D eigenvalue weighted by Crippen LogP contribution is -2.30. The summed E-state index contributed by atoms with van der Waals surface area (Å²) in [6, 6.07) is 12.2. The minimum atomic E-state index is -3.75. The van der Waals surface area contributed by atoms with E-state index < -0.39 is 21.8 Å². The van der Waals surface area contributed by atoms with Gasteiger partial charge in [-0.15, -0.1) is 6.58 Å². The van der Waals surface area contributed by atoms with Crippen LogP contribution in [0.3, 0.4) is 0 Å². The van der Waals surface area contributed by atoms with Gasteiger partial charge in [0.25, 0.3) is 11.8 Å². The van der Waals surface area contributed by atoms with Gasteiger partial charge < -0.3 is 0 Å². The van der Waals surface area contributed by atoms with Crippen molar-refractivity contribution < 1.29 is 18.0 Å². The quantitative estimate of drug-likeness (QED) is 0.665. The molecule has 122 valence electrons. The topological polar surface area (TPSA) is 83.6 Å². The largest absolute Gasteiger partial charge is 0.268 e. The van der Waals surface area contributed by atoms with Crippen molar-refractivity contribution in [1.82, 2.24) is 4.72 Å². The van der Waals surface area contributed by atoms with Gasteiger partial charge in [-0.05, 0) is 30.3 Å². The Labute approximate surface area is 139 Å². The number of carbonyl (C=O) groups excluding carboxylic acids is 2. The zero-order chi connectivity index (χ0) is 17.3. The van der Waals surface area contributed by atoms with Gasteiger partial charge in [-0.25, -0.2) is 18.0 Å². The Kier molecular flexibility index (Phi) is 4.04. The molecule has 0 unspecified atom stereocenters. The third-order valence-electron chi connectivity index (χ3n) is 3.60. The molecule has 1 N–H and O–H groups in total. The smallest absolute Gasteiger partial charge is 0.266 e. The van der Waals surface area contributed by atoms with E-state index in [1.165, 1.54) is 30.3 Å². The number of imide groups is 1. The molecule has 0 aliphatic carbocycles. The number of benzene rings is 2. The zero-order valence-electron chi connectivity index (χ0n) is 12.6. The summed E-state index contributed by atoms with van der Waals surface area (Å²) < 4.78 is 26.7.